The molecule has 0 saturated heterocycles. The van der Waals surface area contributed by atoms with Crippen LogP contribution >= 0.6 is 0 Å². The first-order valence-corrected chi connectivity index (χ1v) is 11.7. The molecule has 0 aromatic rings. The van der Waals surface area contributed by atoms with Gasteiger partial charge in [0.2, 0.25) is 6.29 Å². The zero-order chi connectivity index (χ0) is 23.5. The Bertz CT molecular complexity index is 842. The van der Waals surface area contributed by atoms with E-state index in [4.69, 9.17) is 14.0 Å². The van der Waals surface area contributed by atoms with Crippen LogP contribution in [0.5, 0.6) is 0 Å². The van der Waals surface area contributed by atoms with E-state index < -0.39 is 51.0 Å². The quantitative estimate of drug-likeness (QED) is 0.172. The summed E-state index contributed by atoms with van der Waals surface area (Å²) in [5.41, 5.74) is -1.19. The highest BCUT2D eigenvalue weighted by Gasteiger charge is 2.66. The molecule has 0 aromatic carbocycles. The summed E-state index contributed by atoms with van der Waals surface area (Å²) >= 11 is 0. The average Bonchev–Trinajstić information content (AvgIpc) is 2.57. The minimum absolute atomic E-state index is 0.168. The molecule has 11 heteroatoms. The van der Waals surface area contributed by atoms with Crippen LogP contribution < -0.4 is 0 Å². The first-order valence-electron chi connectivity index (χ1n) is 10.3. The summed E-state index contributed by atoms with van der Waals surface area (Å²) < 4.78 is 97.0. The monoisotopic (exact) mass is 472 g/mol. The molecular formula is C20H28F4O6S. The highest BCUT2D eigenvalue weighted by Crippen LogP contribution is 2.65. The Morgan fingerprint density at radius 2 is 1.74 bits per heavy atom. The van der Waals surface area contributed by atoms with Gasteiger partial charge in [-0.25, -0.2) is 4.79 Å². The van der Waals surface area contributed by atoms with Crippen molar-refractivity contribution in [2.75, 3.05) is 0 Å². The van der Waals surface area contributed by atoms with Gasteiger partial charge in [-0.15, -0.1) is 0 Å². The maximum atomic E-state index is 14.1. The zero-order valence-electron chi connectivity index (χ0n) is 17.5. The summed E-state index contributed by atoms with van der Waals surface area (Å²) in [5, 5.41) is -5.55. The van der Waals surface area contributed by atoms with E-state index in [-0.39, 0.29) is 23.8 Å². The second-order valence-electron chi connectivity index (χ2n) is 9.71. The molecule has 0 aliphatic heterocycles. The fraction of sp³-hybridized carbons (Fsp3) is 0.850. The Morgan fingerprint density at radius 1 is 1.19 bits per heavy atom. The molecular weight excluding hydrogens is 444 g/mol. The molecule has 4 rings (SSSR count). The molecule has 0 amide bonds. The number of ether oxygens (including phenoxy) is 2. The summed E-state index contributed by atoms with van der Waals surface area (Å²) in [6.07, 6.45) is 1.14. The van der Waals surface area contributed by atoms with Crippen molar-refractivity contribution >= 4 is 16.1 Å². The van der Waals surface area contributed by atoms with Gasteiger partial charge in [-0.2, -0.15) is 26.0 Å². The maximum Gasteiger partial charge on any atom is 0.431 e. The van der Waals surface area contributed by atoms with Crippen LogP contribution in [0.25, 0.3) is 0 Å². The average molecular weight is 472 g/mol. The van der Waals surface area contributed by atoms with Gasteiger partial charge in [0.25, 0.3) is 0 Å². The Morgan fingerprint density at radius 3 is 2.23 bits per heavy atom. The Labute approximate surface area is 179 Å². The molecule has 4 fully saturated rings. The lowest BCUT2D eigenvalue weighted by Crippen LogP contribution is -2.58. The number of halogens is 4. The molecule has 1 N–H and O–H groups in total. The standard InChI is InChI=1S/C20H28F4O6S/c1-12(2)16(25)29-13(3)30-18-9-14-6-15(10-18)8-17(7-14,11-18)4-5-19(21,22)20(23,24)31(26,27)28/h13-15H,1,4-11H2,2-3H3,(H,26,27,28). The van der Waals surface area contributed by atoms with Crippen LogP contribution in [0.2, 0.25) is 0 Å². The number of rotatable bonds is 9. The first kappa shape index (κ1) is 24.4. The van der Waals surface area contributed by atoms with Crippen molar-refractivity contribution in [2.45, 2.75) is 88.3 Å². The van der Waals surface area contributed by atoms with E-state index in [9.17, 15) is 30.8 Å². The second kappa shape index (κ2) is 7.69. The van der Waals surface area contributed by atoms with Crippen molar-refractivity contribution in [1.82, 2.24) is 0 Å². The SMILES string of the molecule is C=C(C)C(=O)OC(C)OC12CC3CC(CC(CCC(F)(F)C(F)(F)S(=O)(=O)O)(C3)C1)C2. The maximum absolute atomic E-state index is 14.1. The molecule has 4 saturated carbocycles. The van der Waals surface area contributed by atoms with Gasteiger partial charge in [-0.05, 0) is 76.0 Å². The fourth-order valence-corrected chi connectivity index (χ4v) is 6.66. The lowest BCUT2D eigenvalue weighted by Gasteiger charge is -2.62. The fourth-order valence-electron chi connectivity index (χ4n) is 6.18. The summed E-state index contributed by atoms with van der Waals surface area (Å²) in [6, 6.07) is 0. The van der Waals surface area contributed by atoms with Crippen molar-refractivity contribution in [3.63, 3.8) is 0 Å². The predicted octanol–water partition coefficient (Wildman–Crippen LogP) is 4.70. The molecule has 4 aliphatic rings. The van der Waals surface area contributed by atoms with Gasteiger partial charge in [-0.1, -0.05) is 6.58 Å². The van der Waals surface area contributed by atoms with E-state index in [1.54, 1.807) is 6.92 Å². The Balaban J connectivity index is 1.74. The topological polar surface area (TPSA) is 89.9 Å². The summed E-state index contributed by atoms with van der Waals surface area (Å²) in [6.45, 7) is 6.57. The molecule has 0 aromatic heterocycles. The third-order valence-corrected chi connectivity index (χ3v) is 7.83. The predicted molar refractivity (Wildman–Crippen MR) is 102 cm³/mol. The lowest BCUT2D eigenvalue weighted by molar-refractivity contribution is -0.261. The molecule has 0 heterocycles. The van der Waals surface area contributed by atoms with Gasteiger partial charge in [-0.3, -0.25) is 4.55 Å². The van der Waals surface area contributed by atoms with Crippen LogP contribution in [0.15, 0.2) is 12.2 Å². The second-order valence-corrected chi connectivity index (χ2v) is 11.2. The van der Waals surface area contributed by atoms with Crippen molar-refractivity contribution in [3.05, 3.63) is 12.2 Å². The molecule has 3 atom stereocenters. The van der Waals surface area contributed by atoms with Crippen molar-refractivity contribution in [2.24, 2.45) is 17.3 Å². The van der Waals surface area contributed by atoms with Crippen LogP contribution in [0.3, 0.4) is 0 Å². The number of esters is 1. The molecule has 0 radical (unpaired) electrons. The first-order chi connectivity index (χ1) is 14.0. The summed E-state index contributed by atoms with van der Waals surface area (Å²) in [5.74, 6) is -5.18. The summed E-state index contributed by atoms with van der Waals surface area (Å²) in [7, 11) is -6.25. The van der Waals surface area contributed by atoms with Crippen molar-refractivity contribution in [1.29, 1.82) is 0 Å². The van der Waals surface area contributed by atoms with E-state index in [1.165, 1.54) is 6.92 Å². The van der Waals surface area contributed by atoms with Crippen LogP contribution in [0.1, 0.15) is 65.2 Å². The van der Waals surface area contributed by atoms with Crippen LogP contribution in [0.4, 0.5) is 17.6 Å². The lowest BCUT2D eigenvalue weighted by atomic mass is 9.47. The van der Waals surface area contributed by atoms with Crippen LogP contribution in [0, 0.1) is 17.3 Å². The molecule has 4 aliphatic carbocycles. The molecule has 3 unspecified atom stereocenters. The number of carbonyl (C=O) groups is 1. The van der Waals surface area contributed by atoms with Crippen molar-refractivity contribution < 1.29 is 44.8 Å². The van der Waals surface area contributed by atoms with Gasteiger partial charge >= 0.3 is 27.3 Å². The van der Waals surface area contributed by atoms with Gasteiger partial charge in [0.05, 0.1) is 5.60 Å². The number of carbonyl (C=O) groups excluding carboxylic acids is 1. The van der Waals surface area contributed by atoms with Crippen LogP contribution in [-0.2, 0) is 24.4 Å². The van der Waals surface area contributed by atoms with Gasteiger partial charge in [0.1, 0.15) is 0 Å². The molecule has 0 spiro atoms. The smallest absolute Gasteiger partial charge is 0.431 e. The van der Waals surface area contributed by atoms with Crippen molar-refractivity contribution in [3.8, 4) is 0 Å². The normalized spacial score (nSPS) is 33.9. The number of alkyl halides is 4. The van der Waals surface area contributed by atoms with Gasteiger partial charge < -0.3 is 9.47 Å². The molecule has 4 bridgehead atoms. The molecule has 31 heavy (non-hydrogen) atoms. The van der Waals surface area contributed by atoms with Gasteiger partial charge in [0.15, 0.2) is 0 Å². The van der Waals surface area contributed by atoms with E-state index in [2.05, 4.69) is 6.58 Å². The highest BCUT2D eigenvalue weighted by atomic mass is 32.2. The minimum atomic E-state index is -6.25. The minimum Gasteiger partial charge on any atom is -0.433 e. The van der Waals surface area contributed by atoms with Gasteiger partial charge in [0, 0.05) is 12.0 Å². The molecule has 178 valence electrons. The zero-order valence-corrected chi connectivity index (χ0v) is 18.3. The van der Waals surface area contributed by atoms with E-state index >= 15 is 0 Å². The molecule has 6 nitrogen and oxygen atoms in total. The van der Waals surface area contributed by atoms with E-state index in [0.717, 1.165) is 6.42 Å². The highest BCUT2D eigenvalue weighted by molar-refractivity contribution is 7.87. The van der Waals surface area contributed by atoms with E-state index in [1.807, 2.05) is 0 Å². The largest absolute Gasteiger partial charge is 0.433 e. The third-order valence-electron chi connectivity index (χ3n) is 6.89. The summed E-state index contributed by atoms with van der Waals surface area (Å²) in [4.78, 5) is 11.8. The third kappa shape index (κ3) is 4.64. The number of hydrogen-bond acceptors (Lipinski definition) is 5. The Kier molecular flexibility index (Phi) is 6.06. The van der Waals surface area contributed by atoms with E-state index in [0.29, 0.717) is 32.1 Å². The van der Waals surface area contributed by atoms with Crippen LogP contribution in [-0.4, -0.2) is 42.0 Å². The number of hydrogen-bond donors (Lipinski definition) is 1. The Hall–Kier alpha value is -1.20.